The molecule has 1 heterocycles. The van der Waals surface area contributed by atoms with Crippen LogP contribution in [-0.2, 0) is 4.79 Å². The molecular formula is C13H24N2O. The first-order chi connectivity index (χ1) is 7.58. The summed E-state index contributed by atoms with van der Waals surface area (Å²) in [4.78, 5) is 11.6. The van der Waals surface area contributed by atoms with Gasteiger partial charge in [0.15, 0.2) is 0 Å². The summed E-state index contributed by atoms with van der Waals surface area (Å²) in [6.07, 6.45) is 5.45. The topological polar surface area (TPSA) is 41.1 Å². The lowest BCUT2D eigenvalue weighted by molar-refractivity contribution is -0.121. The molecule has 3 nitrogen and oxygen atoms in total. The first-order valence-corrected chi connectivity index (χ1v) is 6.58. The maximum Gasteiger partial charge on any atom is 0.220 e. The monoisotopic (exact) mass is 224 g/mol. The van der Waals surface area contributed by atoms with Crippen LogP contribution in [-0.4, -0.2) is 25.0 Å². The van der Waals surface area contributed by atoms with Crippen molar-refractivity contribution in [1.82, 2.24) is 10.6 Å². The third-order valence-electron chi connectivity index (χ3n) is 4.15. The van der Waals surface area contributed by atoms with E-state index in [1.807, 2.05) is 0 Å². The zero-order valence-corrected chi connectivity index (χ0v) is 10.5. The molecule has 1 aliphatic carbocycles. The Kier molecular flexibility index (Phi) is 3.53. The van der Waals surface area contributed by atoms with Gasteiger partial charge >= 0.3 is 0 Å². The molecule has 3 heteroatoms. The van der Waals surface area contributed by atoms with E-state index in [9.17, 15) is 4.79 Å². The summed E-state index contributed by atoms with van der Waals surface area (Å²) in [5.74, 6) is 0.942. The lowest BCUT2D eigenvalue weighted by Crippen LogP contribution is -2.29. The normalized spacial score (nSPS) is 31.4. The van der Waals surface area contributed by atoms with Crippen molar-refractivity contribution < 1.29 is 4.79 Å². The van der Waals surface area contributed by atoms with Crippen LogP contribution in [0, 0.1) is 11.3 Å². The molecule has 0 bridgehead atoms. The molecule has 1 saturated heterocycles. The van der Waals surface area contributed by atoms with Gasteiger partial charge < -0.3 is 10.6 Å². The first kappa shape index (κ1) is 11.9. The number of carbonyl (C=O) groups is 1. The predicted octanol–water partition coefficient (Wildman–Crippen LogP) is 1.68. The van der Waals surface area contributed by atoms with E-state index in [0.29, 0.717) is 23.8 Å². The van der Waals surface area contributed by atoms with Crippen molar-refractivity contribution in [2.75, 3.05) is 13.1 Å². The van der Waals surface area contributed by atoms with E-state index in [1.165, 1.54) is 19.3 Å². The van der Waals surface area contributed by atoms with Gasteiger partial charge in [0.2, 0.25) is 5.91 Å². The van der Waals surface area contributed by atoms with Crippen LogP contribution in [0.25, 0.3) is 0 Å². The largest absolute Gasteiger partial charge is 0.356 e. The van der Waals surface area contributed by atoms with Crippen LogP contribution in [0.5, 0.6) is 0 Å². The molecule has 1 saturated carbocycles. The summed E-state index contributed by atoms with van der Waals surface area (Å²) in [6.45, 7) is 6.55. The van der Waals surface area contributed by atoms with Crippen LogP contribution in [0.15, 0.2) is 0 Å². The van der Waals surface area contributed by atoms with E-state index in [1.54, 1.807) is 0 Å². The summed E-state index contributed by atoms with van der Waals surface area (Å²) in [5, 5.41) is 6.48. The van der Waals surface area contributed by atoms with Crippen molar-refractivity contribution in [2.45, 2.75) is 52.0 Å². The third-order valence-corrected chi connectivity index (χ3v) is 4.15. The molecule has 1 amide bonds. The van der Waals surface area contributed by atoms with Crippen molar-refractivity contribution >= 4 is 5.91 Å². The van der Waals surface area contributed by atoms with Crippen LogP contribution in [0.1, 0.15) is 46.0 Å². The minimum Gasteiger partial charge on any atom is -0.356 e. The molecule has 16 heavy (non-hydrogen) atoms. The van der Waals surface area contributed by atoms with Crippen LogP contribution in [0.2, 0.25) is 0 Å². The molecule has 2 N–H and O–H groups in total. The second-order valence-electron chi connectivity index (χ2n) is 6.03. The van der Waals surface area contributed by atoms with Crippen LogP contribution < -0.4 is 10.6 Å². The Morgan fingerprint density at radius 3 is 2.81 bits per heavy atom. The molecular weight excluding hydrogens is 200 g/mol. The Labute approximate surface area is 98.4 Å². The molecule has 2 unspecified atom stereocenters. The maximum absolute atomic E-state index is 11.6. The van der Waals surface area contributed by atoms with Gasteiger partial charge in [0.05, 0.1) is 0 Å². The van der Waals surface area contributed by atoms with Crippen LogP contribution in [0.4, 0.5) is 0 Å². The van der Waals surface area contributed by atoms with E-state index >= 15 is 0 Å². The van der Waals surface area contributed by atoms with Gasteiger partial charge in [-0.15, -0.1) is 0 Å². The Morgan fingerprint density at radius 1 is 1.50 bits per heavy atom. The molecule has 2 atom stereocenters. The Hall–Kier alpha value is -0.570. The highest BCUT2D eigenvalue weighted by atomic mass is 16.1. The molecule has 2 rings (SSSR count). The third kappa shape index (κ3) is 3.21. The van der Waals surface area contributed by atoms with E-state index in [4.69, 9.17) is 0 Å². The molecule has 1 aliphatic heterocycles. The molecule has 0 spiro atoms. The van der Waals surface area contributed by atoms with Crippen molar-refractivity contribution in [3.05, 3.63) is 0 Å². The molecule has 2 aliphatic rings. The van der Waals surface area contributed by atoms with E-state index in [-0.39, 0.29) is 5.91 Å². The summed E-state index contributed by atoms with van der Waals surface area (Å²) < 4.78 is 0. The summed E-state index contributed by atoms with van der Waals surface area (Å²) in [6, 6.07) is 0.586. The highest BCUT2D eigenvalue weighted by molar-refractivity contribution is 5.75. The lowest BCUT2D eigenvalue weighted by Gasteiger charge is -2.10. The highest BCUT2D eigenvalue weighted by Gasteiger charge is 2.45. The smallest absolute Gasteiger partial charge is 0.220 e. The second kappa shape index (κ2) is 4.74. The SMILES string of the molecule is CC1(C)CC1CNC(=O)CCC1CCCN1. The lowest BCUT2D eigenvalue weighted by atomic mass is 10.1. The molecule has 0 radical (unpaired) electrons. The van der Waals surface area contributed by atoms with Crippen molar-refractivity contribution in [3.8, 4) is 0 Å². The average Bonchev–Trinajstić information content (AvgIpc) is 2.70. The summed E-state index contributed by atoms with van der Waals surface area (Å²) in [5.41, 5.74) is 0.473. The number of hydrogen-bond donors (Lipinski definition) is 2. The zero-order valence-electron chi connectivity index (χ0n) is 10.5. The quantitative estimate of drug-likeness (QED) is 0.746. The predicted molar refractivity (Wildman–Crippen MR) is 65.2 cm³/mol. The zero-order chi connectivity index (χ0) is 11.6. The fourth-order valence-electron chi connectivity index (χ4n) is 2.56. The molecule has 2 fully saturated rings. The van der Waals surface area contributed by atoms with Crippen LogP contribution in [0.3, 0.4) is 0 Å². The van der Waals surface area contributed by atoms with Gasteiger partial charge in [-0.3, -0.25) is 4.79 Å². The number of carbonyl (C=O) groups excluding carboxylic acids is 1. The van der Waals surface area contributed by atoms with E-state index < -0.39 is 0 Å². The standard InChI is InChI=1S/C13H24N2O/c1-13(2)8-10(13)9-15-12(16)6-5-11-4-3-7-14-11/h10-11,14H,3-9H2,1-2H3,(H,15,16). The first-order valence-electron chi connectivity index (χ1n) is 6.58. The van der Waals surface area contributed by atoms with E-state index in [0.717, 1.165) is 19.5 Å². The summed E-state index contributed by atoms with van der Waals surface area (Å²) in [7, 11) is 0. The van der Waals surface area contributed by atoms with Crippen molar-refractivity contribution in [3.63, 3.8) is 0 Å². The Bertz CT molecular complexity index is 246. The second-order valence-corrected chi connectivity index (χ2v) is 6.03. The Balaban J connectivity index is 1.54. The summed E-state index contributed by atoms with van der Waals surface area (Å²) >= 11 is 0. The molecule has 92 valence electrons. The number of rotatable bonds is 5. The van der Waals surface area contributed by atoms with Gasteiger partial charge in [-0.25, -0.2) is 0 Å². The average molecular weight is 224 g/mol. The maximum atomic E-state index is 11.6. The Morgan fingerprint density at radius 2 is 2.25 bits per heavy atom. The highest BCUT2D eigenvalue weighted by Crippen LogP contribution is 2.50. The number of hydrogen-bond acceptors (Lipinski definition) is 2. The molecule has 0 aromatic rings. The van der Waals surface area contributed by atoms with Gasteiger partial charge in [-0.1, -0.05) is 13.8 Å². The minimum absolute atomic E-state index is 0.233. The van der Waals surface area contributed by atoms with Crippen LogP contribution >= 0.6 is 0 Å². The van der Waals surface area contributed by atoms with Gasteiger partial charge in [-0.05, 0) is 43.6 Å². The van der Waals surface area contributed by atoms with Gasteiger partial charge in [-0.2, -0.15) is 0 Å². The number of amides is 1. The fraction of sp³-hybridized carbons (Fsp3) is 0.923. The fourth-order valence-corrected chi connectivity index (χ4v) is 2.56. The number of nitrogens with one attached hydrogen (secondary N) is 2. The van der Waals surface area contributed by atoms with Gasteiger partial charge in [0.1, 0.15) is 0 Å². The minimum atomic E-state index is 0.233. The van der Waals surface area contributed by atoms with Crippen molar-refractivity contribution in [1.29, 1.82) is 0 Å². The van der Waals surface area contributed by atoms with E-state index in [2.05, 4.69) is 24.5 Å². The molecule has 0 aromatic heterocycles. The van der Waals surface area contributed by atoms with Gasteiger partial charge in [0.25, 0.3) is 0 Å². The molecule has 0 aromatic carbocycles. The van der Waals surface area contributed by atoms with Gasteiger partial charge in [0, 0.05) is 19.0 Å². The van der Waals surface area contributed by atoms with Crippen molar-refractivity contribution in [2.24, 2.45) is 11.3 Å².